The molecule has 1 heterocycles. The number of hydrogen-bond donors (Lipinski definition) is 1. The van der Waals surface area contributed by atoms with Crippen molar-refractivity contribution in [2.75, 3.05) is 13.1 Å². The van der Waals surface area contributed by atoms with Crippen LogP contribution in [0.4, 0.5) is 0 Å². The van der Waals surface area contributed by atoms with Gasteiger partial charge in [0.15, 0.2) is 0 Å². The Hall–Kier alpha value is -0.280. The maximum Gasteiger partial charge on any atom is 0.225 e. The predicted molar refractivity (Wildman–Crippen MR) is 76.8 cm³/mol. The summed E-state index contributed by atoms with van der Waals surface area (Å²) in [7, 11) is 0. The van der Waals surface area contributed by atoms with Crippen LogP contribution in [0.25, 0.3) is 0 Å². The van der Waals surface area contributed by atoms with E-state index in [9.17, 15) is 4.79 Å². The van der Waals surface area contributed by atoms with E-state index < -0.39 is 0 Å². The van der Waals surface area contributed by atoms with Crippen LogP contribution in [0.5, 0.6) is 0 Å². The molecule has 4 heteroatoms. The Morgan fingerprint density at radius 3 is 2.28 bits per heavy atom. The van der Waals surface area contributed by atoms with E-state index in [1.54, 1.807) is 0 Å². The molecule has 0 radical (unpaired) electrons. The number of rotatable bonds is 1. The van der Waals surface area contributed by atoms with Crippen LogP contribution in [0.15, 0.2) is 0 Å². The van der Waals surface area contributed by atoms with E-state index >= 15 is 0 Å². The quantitative estimate of drug-likeness (QED) is 0.747. The SMILES string of the molecule is CC1CN(C(=O)C2CCCCCC2)CCC1N.Cl. The predicted octanol–water partition coefficient (Wildman–Crippen LogP) is 2.57. The first-order valence-corrected chi connectivity index (χ1v) is 7.23. The van der Waals surface area contributed by atoms with Crippen molar-refractivity contribution in [1.82, 2.24) is 4.90 Å². The second-order valence-corrected chi connectivity index (χ2v) is 5.90. The van der Waals surface area contributed by atoms with Gasteiger partial charge < -0.3 is 10.6 Å². The van der Waals surface area contributed by atoms with Crippen LogP contribution in [-0.2, 0) is 4.79 Å². The minimum atomic E-state index is 0. The van der Waals surface area contributed by atoms with Crippen molar-refractivity contribution >= 4 is 18.3 Å². The van der Waals surface area contributed by atoms with Gasteiger partial charge in [0.25, 0.3) is 0 Å². The Morgan fingerprint density at radius 2 is 1.72 bits per heavy atom. The third kappa shape index (κ3) is 3.86. The number of nitrogens with zero attached hydrogens (tertiary/aromatic N) is 1. The topological polar surface area (TPSA) is 46.3 Å². The zero-order valence-corrected chi connectivity index (χ0v) is 12.3. The minimum Gasteiger partial charge on any atom is -0.342 e. The largest absolute Gasteiger partial charge is 0.342 e. The summed E-state index contributed by atoms with van der Waals surface area (Å²) in [5.74, 6) is 1.17. The summed E-state index contributed by atoms with van der Waals surface area (Å²) in [4.78, 5) is 14.5. The third-order valence-corrected chi connectivity index (χ3v) is 4.49. The maximum atomic E-state index is 12.4. The Balaban J connectivity index is 0.00000162. The zero-order valence-electron chi connectivity index (χ0n) is 11.4. The van der Waals surface area contributed by atoms with Crippen LogP contribution in [-0.4, -0.2) is 29.9 Å². The van der Waals surface area contributed by atoms with E-state index in [-0.39, 0.29) is 18.4 Å². The number of amides is 1. The van der Waals surface area contributed by atoms with Crippen molar-refractivity contribution in [3.05, 3.63) is 0 Å². The van der Waals surface area contributed by atoms with E-state index in [0.29, 0.717) is 17.7 Å². The first kappa shape index (κ1) is 15.8. The lowest BCUT2D eigenvalue weighted by atomic mass is 9.92. The average Bonchev–Trinajstić information content (AvgIpc) is 2.60. The number of carbonyl (C=O) groups excluding carboxylic acids is 1. The molecule has 0 aromatic heterocycles. The summed E-state index contributed by atoms with van der Waals surface area (Å²) in [6, 6.07) is 0.285. The van der Waals surface area contributed by atoms with Crippen molar-refractivity contribution in [3.8, 4) is 0 Å². The summed E-state index contributed by atoms with van der Waals surface area (Å²) >= 11 is 0. The lowest BCUT2D eigenvalue weighted by molar-refractivity contribution is -0.137. The molecule has 1 aliphatic heterocycles. The van der Waals surface area contributed by atoms with E-state index in [0.717, 1.165) is 32.4 Å². The summed E-state index contributed by atoms with van der Waals surface area (Å²) in [6.07, 6.45) is 8.28. The summed E-state index contributed by atoms with van der Waals surface area (Å²) in [5, 5.41) is 0. The second kappa shape index (κ2) is 7.34. The van der Waals surface area contributed by atoms with Gasteiger partial charge in [0.2, 0.25) is 5.91 Å². The van der Waals surface area contributed by atoms with Gasteiger partial charge in [-0.2, -0.15) is 0 Å². The highest BCUT2D eigenvalue weighted by atomic mass is 35.5. The number of likely N-dealkylation sites (tertiary alicyclic amines) is 1. The fourth-order valence-electron chi connectivity index (χ4n) is 3.15. The molecule has 2 atom stereocenters. The molecule has 1 saturated heterocycles. The first-order valence-electron chi connectivity index (χ1n) is 7.23. The van der Waals surface area contributed by atoms with Crippen LogP contribution in [0.1, 0.15) is 51.9 Å². The molecule has 2 rings (SSSR count). The number of piperidine rings is 1. The molecule has 1 amide bonds. The van der Waals surface area contributed by atoms with Gasteiger partial charge in [0, 0.05) is 25.0 Å². The van der Waals surface area contributed by atoms with Gasteiger partial charge in [0.1, 0.15) is 0 Å². The Bertz CT molecular complexity index is 265. The Kier molecular flexibility index (Phi) is 6.44. The normalized spacial score (nSPS) is 30.4. The van der Waals surface area contributed by atoms with Crippen molar-refractivity contribution in [2.24, 2.45) is 17.6 Å². The Morgan fingerprint density at radius 1 is 1.11 bits per heavy atom. The number of nitrogens with two attached hydrogens (primary N) is 1. The van der Waals surface area contributed by atoms with Crippen LogP contribution >= 0.6 is 12.4 Å². The third-order valence-electron chi connectivity index (χ3n) is 4.49. The van der Waals surface area contributed by atoms with Crippen LogP contribution in [0.2, 0.25) is 0 Å². The molecule has 0 aromatic carbocycles. The van der Waals surface area contributed by atoms with Crippen molar-refractivity contribution in [3.63, 3.8) is 0 Å². The average molecular weight is 275 g/mol. The smallest absolute Gasteiger partial charge is 0.225 e. The highest BCUT2D eigenvalue weighted by Crippen LogP contribution is 2.26. The molecule has 2 unspecified atom stereocenters. The second-order valence-electron chi connectivity index (χ2n) is 5.90. The maximum absolute atomic E-state index is 12.4. The summed E-state index contributed by atoms with van der Waals surface area (Å²) in [5.41, 5.74) is 6.01. The molecular weight excluding hydrogens is 248 g/mol. The summed E-state index contributed by atoms with van der Waals surface area (Å²) < 4.78 is 0. The number of hydrogen-bond acceptors (Lipinski definition) is 2. The van der Waals surface area contributed by atoms with Crippen molar-refractivity contribution in [1.29, 1.82) is 0 Å². The van der Waals surface area contributed by atoms with Crippen LogP contribution in [0.3, 0.4) is 0 Å². The zero-order chi connectivity index (χ0) is 12.3. The lowest BCUT2D eigenvalue weighted by Gasteiger charge is -2.36. The van der Waals surface area contributed by atoms with Gasteiger partial charge in [-0.1, -0.05) is 32.6 Å². The van der Waals surface area contributed by atoms with E-state index in [4.69, 9.17) is 5.73 Å². The van der Waals surface area contributed by atoms with Crippen LogP contribution in [0, 0.1) is 11.8 Å². The van der Waals surface area contributed by atoms with Gasteiger partial charge in [-0.05, 0) is 25.2 Å². The molecule has 0 spiro atoms. The molecule has 18 heavy (non-hydrogen) atoms. The Labute approximate surface area is 117 Å². The van der Waals surface area contributed by atoms with Gasteiger partial charge in [-0.25, -0.2) is 0 Å². The molecular formula is C14H27ClN2O. The van der Waals surface area contributed by atoms with Gasteiger partial charge in [-0.3, -0.25) is 4.79 Å². The molecule has 3 nitrogen and oxygen atoms in total. The standard InChI is InChI=1S/C14H26N2O.ClH/c1-11-10-16(9-8-13(11)15)14(17)12-6-4-2-3-5-7-12;/h11-13H,2-10,15H2,1H3;1H. The first-order chi connectivity index (χ1) is 8.18. The molecule has 0 bridgehead atoms. The highest BCUT2D eigenvalue weighted by molar-refractivity contribution is 5.85. The molecule has 2 N–H and O–H groups in total. The fraction of sp³-hybridized carbons (Fsp3) is 0.929. The van der Waals surface area contributed by atoms with Crippen molar-refractivity contribution in [2.45, 2.75) is 57.9 Å². The van der Waals surface area contributed by atoms with Gasteiger partial charge in [0.05, 0.1) is 0 Å². The van der Waals surface area contributed by atoms with Crippen molar-refractivity contribution < 1.29 is 4.79 Å². The van der Waals surface area contributed by atoms with Gasteiger partial charge in [-0.15, -0.1) is 12.4 Å². The van der Waals surface area contributed by atoms with Crippen LogP contribution < -0.4 is 5.73 Å². The fourth-order valence-corrected chi connectivity index (χ4v) is 3.15. The monoisotopic (exact) mass is 274 g/mol. The molecule has 2 fully saturated rings. The molecule has 2 aliphatic rings. The van der Waals surface area contributed by atoms with E-state index in [1.807, 2.05) is 0 Å². The lowest BCUT2D eigenvalue weighted by Crippen LogP contribution is -2.49. The number of carbonyl (C=O) groups is 1. The minimum absolute atomic E-state index is 0. The molecule has 0 aromatic rings. The number of halogens is 1. The van der Waals surface area contributed by atoms with Gasteiger partial charge >= 0.3 is 0 Å². The van der Waals surface area contributed by atoms with E-state index in [2.05, 4.69) is 11.8 Å². The summed E-state index contributed by atoms with van der Waals surface area (Å²) in [6.45, 7) is 3.91. The molecule has 1 saturated carbocycles. The molecule has 1 aliphatic carbocycles. The van der Waals surface area contributed by atoms with E-state index in [1.165, 1.54) is 25.7 Å². The molecule has 106 valence electrons. The highest BCUT2D eigenvalue weighted by Gasteiger charge is 2.30.